The van der Waals surface area contributed by atoms with Crippen LogP contribution in [0.4, 0.5) is 0 Å². The van der Waals surface area contributed by atoms with Gasteiger partial charge in [-0.2, -0.15) is 4.68 Å². The van der Waals surface area contributed by atoms with Gasteiger partial charge in [-0.3, -0.25) is 4.79 Å². The second-order valence-corrected chi connectivity index (χ2v) is 9.90. The van der Waals surface area contributed by atoms with Crippen LogP contribution in [0.15, 0.2) is 47.6 Å². The largest absolute Gasteiger partial charge is 0.490 e. The Kier molecular flexibility index (Phi) is 7.72. The van der Waals surface area contributed by atoms with E-state index in [9.17, 15) is 4.79 Å². The molecule has 0 fully saturated rings. The number of rotatable bonds is 8. The molecule has 3 aromatic rings. The maximum absolute atomic E-state index is 12.9. The number of amides is 1. The zero-order chi connectivity index (χ0) is 24.1. The number of hydrogen-bond acceptors (Lipinski definition) is 7. The van der Waals surface area contributed by atoms with E-state index in [1.165, 1.54) is 17.3 Å². The predicted molar refractivity (Wildman–Crippen MR) is 132 cm³/mol. The quantitative estimate of drug-likeness (QED) is 0.472. The molecule has 0 saturated carbocycles. The molecule has 34 heavy (non-hydrogen) atoms. The van der Waals surface area contributed by atoms with Crippen LogP contribution in [-0.2, 0) is 4.79 Å². The topological polar surface area (TPSA) is 91.2 Å². The summed E-state index contributed by atoms with van der Waals surface area (Å²) in [5.74, 6) is 2.25. The maximum atomic E-state index is 12.9. The standard InChI is InChI=1S/C25H31N5O3S/c1-16(2)18-6-9-20(10-7-18)30-25(27-28-29-30)34-15-23(31)26-24(17(3)4)19-8-11-21-22(14-19)33-13-5-12-32-21/h6-11,14,16-17,24H,5,12-13,15H2,1-4H3,(H,26,31). The van der Waals surface area contributed by atoms with Crippen molar-refractivity contribution in [1.82, 2.24) is 25.5 Å². The molecular formula is C25H31N5O3S. The molecule has 4 rings (SSSR count). The third-order valence-corrected chi connectivity index (χ3v) is 6.61. The monoisotopic (exact) mass is 481 g/mol. The van der Waals surface area contributed by atoms with Gasteiger partial charge in [-0.25, -0.2) is 0 Å². The second-order valence-electron chi connectivity index (χ2n) is 8.95. The maximum Gasteiger partial charge on any atom is 0.230 e. The molecule has 2 aromatic carbocycles. The number of benzene rings is 2. The fourth-order valence-corrected chi connectivity index (χ4v) is 4.49. The number of hydrogen-bond donors (Lipinski definition) is 1. The van der Waals surface area contributed by atoms with Crippen molar-refractivity contribution in [2.45, 2.75) is 51.2 Å². The summed E-state index contributed by atoms with van der Waals surface area (Å²) in [6.45, 7) is 9.76. The Morgan fingerprint density at radius 3 is 2.44 bits per heavy atom. The first kappa shape index (κ1) is 24.1. The summed E-state index contributed by atoms with van der Waals surface area (Å²) in [4.78, 5) is 12.9. The van der Waals surface area contributed by atoms with Crippen molar-refractivity contribution < 1.29 is 14.3 Å². The van der Waals surface area contributed by atoms with Gasteiger partial charge in [0.15, 0.2) is 11.5 Å². The van der Waals surface area contributed by atoms with Gasteiger partial charge in [0, 0.05) is 6.42 Å². The molecule has 1 N–H and O–H groups in total. The van der Waals surface area contributed by atoms with Gasteiger partial charge in [-0.05, 0) is 57.7 Å². The van der Waals surface area contributed by atoms with E-state index in [4.69, 9.17) is 9.47 Å². The van der Waals surface area contributed by atoms with E-state index in [1.54, 1.807) is 4.68 Å². The van der Waals surface area contributed by atoms with Crippen LogP contribution in [0.1, 0.15) is 57.2 Å². The highest BCUT2D eigenvalue weighted by atomic mass is 32.2. The average molecular weight is 482 g/mol. The van der Waals surface area contributed by atoms with Crippen LogP contribution in [0.25, 0.3) is 5.69 Å². The third-order valence-electron chi connectivity index (χ3n) is 5.69. The minimum Gasteiger partial charge on any atom is -0.490 e. The first-order chi connectivity index (χ1) is 16.4. The minimum atomic E-state index is -0.148. The highest BCUT2D eigenvalue weighted by Gasteiger charge is 2.22. The fraction of sp³-hybridized carbons (Fsp3) is 0.440. The van der Waals surface area contributed by atoms with Gasteiger partial charge in [0.1, 0.15) is 0 Å². The van der Waals surface area contributed by atoms with E-state index < -0.39 is 0 Å². The first-order valence-corrected chi connectivity index (χ1v) is 12.6. The highest BCUT2D eigenvalue weighted by Crippen LogP contribution is 2.34. The molecule has 0 radical (unpaired) electrons. The summed E-state index contributed by atoms with van der Waals surface area (Å²) >= 11 is 1.31. The average Bonchev–Trinajstić information content (AvgIpc) is 3.17. The molecule has 0 aliphatic carbocycles. The van der Waals surface area contributed by atoms with E-state index in [1.807, 2.05) is 30.3 Å². The molecule has 9 heteroatoms. The van der Waals surface area contributed by atoms with Gasteiger partial charge in [-0.1, -0.05) is 57.7 Å². The van der Waals surface area contributed by atoms with Crippen LogP contribution in [-0.4, -0.2) is 45.1 Å². The Hall–Kier alpha value is -3.07. The van der Waals surface area contributed by atoms with Crippen molar-refractivity contribution in [3.8, 4) is 17.2 Å². The number of ether oxygens (including phenoxy) is 2. The highest BCUT2D eigenvalue weighted by molar-refractivity contribution is 7.99. The van der Waals surface area contributed by atoms with Crippen molar-refractivity contribution in [1.29, 1.82) is 0 Å². The summed E-state index contributed by atoms with van der Waals surface area (Å²) in [5.41, 5.74) is 3.11. The summed E-state index contributed by atoms with van der Waals surface area (Å²) < 4.78 is 13.2. The lowest BCUT2D eigenvalue weighted by Crippen LogP contribution is -2.33. The van der Waals surface area contributed by atoms with Gasteiger partial charge < -0.3 is 14.8 Å². The van der Waals surface area contributed by atoms with Crippen LogP contribution in [0.3, 0.4) is 0 Å². The van der Waals surface area contributed by atoms with Crippen molar-refractivity contribution in [3.05, 3.63) is 53.6 Å². The van der Waals surface area contributed by atoms with Crippen molar-refractivity contribution in [3.63, 3.8) is 0 Å². The number of carbonyl (C=O) groups is 1. The van der Waals surface area contributed by atoms with Crippen molar-refractivity contribution in [2.75, 3.05) is 19.0 Å². The zero-order valence-electron chi connectivity index (χ0n) is 20.0. The van der Waals surface area contributed by atoms with Crippen molar-refractivity contribution in [2.24, 2.45) is 5.92 Å². The smallest absolute Gasteiger partial charge is 0.230 e. The van der Waals surface area contributed by atoms with E-state index in [-0.39, 0.29) is 23.6 Å². The lowest BCUT2D eigenvalue weighted by atomic mass is 9.95. The Morgan fingerprint density at radius 2 is 1.74 bits per heavy atom. The van der Waals surface area contributed by atoms with E-state index in [0.29, 0.717) is 24.3 Å². The van der Waals surface area contributed by atoms with Gasteiger partial charge >= 0.3 is 0 Å². The van der Waals surface area contributed by atoms with E-state index in [0.717, 1.165) is 29.2 Å². The lowest BCUT2D eigenvalue weighted by molar-refractivity contribution is -0.119. The molecule has 1 atom stereocenters. The fourth-order valence-electron chi connectivity index (χ4n) is 3.78. The number of carbonyl (C=O) groups excluding carboxylic acids is 1. The molecule has 1 aliphatic heterocycles. The molecule has 0 bridgehead atoms. The summed E-state index contributed by atoms with van der Waals surface area (Å²) in [6, 6.07) is 13.9. The van der Waals surface area contributed by atoms with Gasteiger partial charge in [0.25, 0.3) is 0 Å². The molecule has 180 valence electrons. The molecule has 0 spiro atoms. The van der Waals surface area contributed by atoms with Gasteiger partial charge in [0.05, 0.1) is 30.7 Å². The zero-order valence-corrected chi connectivity index (χ0v) is 20.8. The van der Waals surface area contributed by atoms with Crippen LogP contribution >= 0.6 is 11.8 Å². The first-order valence-electron chi connectivity index (χ1n) is 11.6. The van der Waals surface area contributed by atoms with Crippen LogP contribution < -0.4 is 14.8 Å². The van der Waals surface area contributed by atoms with Crippen LogP contribution in [0.5, 0.6) is 11.5 Å². The summed E-state index contributed by atoms with van der Waals surface area (Å²) in [6.07, 6.45) is 0.854. The van der Waals surface area contributed by atoms with Crippen LogP contribution in [0.2, 0.25) is 0 Å². The number of nitrogens with one attached hydrogen (secondary N) is 1. The van der Waals surface area contributed by atoms with Gasteiger partial charge in [0.2, 0.25) is 11.1 Å². The lowest BCUT2D eigenvalue weighted by Gasteiger charge is -2.23. The molecule has 2 heterocycles. The predicted octanol–water partition coefficient (Wildman–Crippen LogP) is 4.55. The van der Waals surface area contributed by atoms with Gasteiger partial charge in [-0.15, -0.1) is 5.10 Å². The summed E-state index contributed by atoms with van der Waals surface area (Å²) in [5, 5.41) is 15.7. The molecule has 1 amide bonds. The minimum absolute atomic E-state index is 0.0829. The van der Waals surface area contributed by atoms with E-state index in [2.05, 4.69) is 60.7 Å². The number of nitrogens with zero attached hydrogens (tertiary/aromatic N) is 4. The normalized spacial score (nSPS) is 14.2. The Labute approximate surface area is 204 Å². The number of thioether (sulfide) groups is 1. The Bertz CT molecular complexity index is 1110. The third kappa shape index (κ3) is 5.70. The molecule has 1 unspecified atom stereocenters. The number of tetrazole rings is 1. The molecule has 0 saturated heterocycles. The number of fused-ring (bicyclic) bond motifs is 1. The Balaban J connectivity index is 1.41. The number of aromatic nitrogens is 4. The van der Waals surface area contributed by atoms with Crippen molar-refractivity contribution >= 4 is 17.7 Å². The van der Waals surface area contributed by atoms with E-state index >= 15 is 0 Å². The van der Waals surface area contributed by atoms with Crippen LogP contribution in [0, 0.1) is 5.92 Å². The molecular weight excluding hydrogens is 450 g/mol. The SMILES string of the molecule is CC(C)c1ccc(-n2nnnc2SCC(=O)NC(c2ccc3c(c2)OCCCO3)C(C)C)cc1. The Morgan fingerprint density at radius 1 is 1.03 bits per heavy atom. The second kappa shape index (κ2) is 10.9. The molecule has 1 aliphatic rings. The summed E-state index contributed by atoms with van der Waals surface area (Å²) in [7, 11) is 0. The molecule has 8 nitrogen and oxygen atoms in total. The molecule has 1 aromatic heterocycles.